The molecule has 0 amide bonds. The smallest absolute Gasteiger partial charge is 0.318 e. The SMILES string of the molecule is CCOC(=O)C1(C(=O)[O-])CC=CC1. The Hall–Kier alpha value is -1.32. The van der Waals surface area contributed by atoms with Crippen molar-refractivity contribution >= 4 is 11.9 Å². The van der Waals surface area contributed by atoms with E-state index >= 15 is 0 Å². The fourth-order valence-corrected chi connectivity index (χ4v) is 1.34. The van der Waals surface area contributed by atoms with E-state index in [9.17, 15) is 14.7 Å². The van der Waals surface area contributed by atoms with Crippen LogP contribution in [0.1, 0.15) is 19.8 Å². The second kappa shape index (κ2) is 3.60. The minimum atomic E-state index is -1.46. The lowest BCUT2D eigenvalue weighted by atomic mass is 9.86. The minimum Gasteiger partial charge on any atom is -0.549 e. The molecule has 0 aromatic heterocycles. The number of aliphatic carboxylic acids is 1. The van der Waals surface area contributed by atoms with Crippen molar-refractivity contribution in [3.05, 3.63) is 12.2 Å². The average molecular weight is 183 g/mol. The molecule has 0 aromatic rings. The van der Waals surface area contributed by atoms with Crippen LogP contribution in [0, 0.1) is 5.41 Å². The number of hydrogen-bond donors (Lipinski definition) is 0. The van der Waals surface area contributed by atoms with Crippen LogP contribution in [0.2, 0.25) is 0 Å². The predicted molar refractivity (Wildman–Crippen MR) is 42.4 cm³/mol. The fraction of sp³-hybridized carbons (Fsp3) is 0.556. The second-order valence-electron chi connectivity index (χ2n) is 2.97. The first-order valence-corrected chi connectivity index (χ1v) is 4.17. The summed E-state index contributed by atoms with van der Waals surface area (Å²) in [5, 5.41) is 10.8. The van der Waals surface area contributed by atoms with E-state index in [1.165, 1.54) is 0 Å². The van der Waals surface area contributed by atoms with Gasteiger partial charge in [0.05, 0.1) is 12.6 Å². The topological polar surface area (TPSA) is 66.4 Å². The molecule has 0 unspecified atom stereocenters. The monoisotopic (exact) mass is 183 g/mol. The third kappa shape index (κ3) is 1.56. The van der Waals surface area contributed by atoms with E-state index in [-0.39, 0.29) is 19.4 Å². The van der Waals surface area contributed by atoms with Gasteiger partial charge in [0.25, 0.3) is 0 Å². The van der Waals surface area contributed by atoms with Crippen LogP contribution in [0.15, 0.2) is 12.2 Å². The molecule has 1 aliphatic rings. The van der Waals surface area contributed by atoms with Crippen LogP contribution in [-0.4, -0.2) is 18.5 Å². The molecular weight excluding hydrogens is 172 g/mol. The van der Waals surface area contributed by atoms with Gasteiger partial charge in [-0.1, -0.05) is 12.2 Å². The number of carbonyl (C=O) groups is 2. The quantitative estimate of drug-likeness (QED) is 0.340. The van der Waals surface area contributed by atoms with Crippen LogP contribution in [0.5, 0.6) is 0 Å². The maximum absolute atomic E-state index is 11.3. The second-order valence-corrected chi connectivity index (χ2v) is 2.97. The first-order chi connectivity index (χ1) is 6.13. The van der Waals surface area contributed by atoms with Crippen LogP contribution in [0.4, 0.5) is 0 Å². The van der Waals surface area contributed by atoms with E-state index < -0.39 is 17.4 Å². The Kier molecular flexibility index (Phi) is 2.70. The molecule has 0 saturated carbocycles. The molecule has 0 fully saturated rings. The number of esters is 1. The Labute approximate surface area is 76.2 Å². The zero-order valence-corrected chi connectivity index (χ0v) is 7.41. The first-order valence-electron chi connectivity index (χ1n) is 4.17. The number of carbonyl (C=O) groups excluding carboxylic acids is 2. The van der Waals surface area contributed by atoms with Crippen LogP contribution in [-0.2, 0) is 14.3 Å². The standard InChI is InChI=1S/C9H12O4/c1-2-13-8(12)9(7(10)11)5-3-4-6-9/h3-4H,2,5-6H2,1H3,(H,10,11)/p-1. The summed E-state index contributed by atoms with van der Waals surface area (Å²) in [5.74, 6) is -2.05. The minimum absolute atomic E-state index is 0.175. The Balaban J connectivity index is 2.80. The number of carboxylic acids is 1. The van der Waals surface area contributed by atoms with Gasteiger partial charge in [-0.05, 0) is 19.8 Å². The molecule has 0 aliphatic heterocycles. The summed E-state index contributed by atoms with van der Waals surface area (Å²) in [6.07, 6.45) is 3.67. The van der Waals surface area contributed by atoms with Crippen molar-refractivity contribution in [2.75, 3.05) is 6.61 Å². The van der Waals surface area contributed by atoms with Gasteiger partial charge in [0, 0.05) is 0 Å². The van der Waals surface area contributed by atoms with Crippen molar-refractivity contribution < 1.29 is 19.4 Å². The molecule has 0 bridgehead atoms. The van der Waals surface area contributed by atoms with Gasteiger partial charge >= 0.3 is 5.97 Å². The number of ether oxygens (including phenoxy) is 1. The lowest BCUT2D eigenvalue weighted by Gasteiger charge is -2.27. The third-order valence-electron chi connectivity index (χ3n) is 2.16. The molecule has 0 atom stereocenters. The highest BCUT2D eigenvalue weighted by atomic mass is 16.5. The Morgan fingerprint density at radius 3 is 2.38 bits per heavy atom. The van der Waals surface area contributed by atoms with Crippen LogP contribution >= 0.6 is 0 Å². The molecule has 4 heteroatoms. The Bertz CT molecular complexity index is 246. The van der Waals surface area contributed by atoms with Gasteiger partial charge in [0.15, 0.2) is 0 Å². The zero-order chi connectivity index (χ0) is 9.90. The highest BCUT2D eigenvalue weighted by Gasteiger charge is 2.41. The maximum Gasteiger partial charge on any atom is 0.318 e. The normalized spacial score (nSPS) is 18.5. The van der Waals surface area contributed by atoms with E-state index in [0.29, 0.717) is 0 Å². The summed E-state index contributed by atoms with van der Waals surface area (Å²) in [5.41, 5.74) is -1.46. The molecule has 13 heavy (non-hydrogen) atoms. The van der Waals surface area contributed by atoms with Gasteiger partial charge in [-0.25, -0.2) is 0 Å². The number of hydrogen-bond acceptors (Lipinski definition) is 4. The Morgan fingerprint density at radius 2 is 2.00 bits per heavy atom. The van der Waals surface area contributed by atoms with Crippen molar-refractivity contribution in [3.63, 3.8) is 0 Å². The van der Waals surface area contributed by atoms with Crippen molar-refractivity contribution in [3.8, 4) is 0 Å². The molecule has 4 nitrogen and oxygen atoms in total. The largest absolute Gasteiger partial charge is 0.549 e. The molecule has 1 rings (SSSR count). The molecule has 0 radical (unpaired) electrons. The number of carboxylic acid groups (broad SMARTS) is 1. The zero-order valence-electron chi connectivity index (χ0n) is 7.41. The van der Waals surface area contributed by atoms with Gasteiger partial charge < -0.3 is 14.6 Å². The van der Waals surface area contributed by atoms with Crippen molar-refractivity contribution in [1.29, 1.82) is 0 Å². The average Bonchev–Trinajstić information content (AvgIpc) is 2.53. The van der Waals surface area contributed by atoms with Crippen molar-refractivity contribution in [1.82, 2.24) is 0 Å². The van der Waals surface area contributed by atoms with Gasteiger partial charge in [0.1, 0.15) is 5.41 Å². The molecule has 0 heterocycles. The summed E-state index contributed by atoms with van der Waals surface area (Å²) >= 11 is 0. The highest BCUT2D eigenvalue weighted by Crippen LogP contribution is 2.33. The lowest BCUT2D eigenvalue weighted by molar-refractivity contribution is -0.317. The third-order valence-corrected chi connectivity index (χ3v) is 2.16. The molecule has 72 valence electrons. The molecule has 1 aliphatic carbocycles. The van der Waals surface area contributed by atoms with Gasteiger partial charge in [-0.15, -0.1) is 0 Å². The summed E-state index contributed by atoms with van der Waals surface area (Å²) in [6.45, 7) is 1.83. The highest BCUT2D eigenvalue weighted by molar-refractivity contribution is 5.99. The van der Waals surface area contributed by atoms with Crippen LogP contribution in [0.3, 0.4) is 0 Å². The van der Waals surface area contributed by atoms with Gasteiger partial charge in [-0.3, -0.25) is 4.79 Å². The summed E-state index contributed by atoms with van der Waals surface area (Å²) < 4.78 is 4.69. The van der Waals surface area contributed by atoms with Gasteiger partial charge in [-0.2, -0.15) is 0 Å². The fourth-order valence-electron chi connectivity index (χ4n) is 1.34. The summed E-state index contributed by atoms with van der Waals surface area (Å²) in [6, 6.07) is 0. The number of rotatable bonds is 3. The lowest BCUT2D eigenvalue weighted by Crippen LogP contribution is -2.47. The van der Waals surface area contributed by atoms with Crippen molar-refractivity contribution in [2.45, 2.75) is 19.8 Å². The molecule has 0 spiro atoms. The van der Waals surface area contributed by atoms with E-state index in [2.05, 4.69) is 0 Å². The van der Waals surface area contributed by atoms with E-state index in [4.69, 9.17) is 4.74 Å². The van der Waals surface area contributed by atoms with Crippen molar-refractivity contribution in [2.24, 2.45) is 5.41 Å². The summed E-state index contributed by atoms with van der Waals surface area (Å²) in [4.78, 5) is 22.1. The van der Waals surface area contributed by atoms with E-state index in [1.807, 2.05) is 0 Å². The van der Waals surface area contributed by atoms with Crippen LogP contribution in [0.25, 0.3) is 0 Å². The Morgan fingerprint density at radius 1 is 1.46 bits per heavy atom. The molecule has 0 aromatic carbocycles. The van der Waals surface area contributed by atoms with Crippen LogP contribution < -0.4 is 5.11 Å². The maximum atomic E-state index is 11.3. The number of allylic oxidation sites excluding steroid dienone is 2. The van der Waals surface area contributed by atoms with E-state index in [1.54, 1.807) is 19.1 Å². The molecule has 0 saturated heterocycles. The predicted octanol–water partition coefficient (Wildman–Crippen LogP) is -0.364. The first kappa shape index (κ1) is 9.77. The molecular formula is C9H11O4-. The summed E-state index contributed by atoms with van der Waals surface area (Å²) in [7, 11) is 0. The molecule has 0 N–H and O–H groups in total. The van der Waals surface area contributed by atoms with Gasteiger partial charge in [0.2, 0.25) is 0 Å². The van der Waals surface area contributed by atoms with E-state index in [0.717, 1.165) is 0 Å².